The second kappa shape index (κ2) is 8.73. The Morgan fingerprint density at radius 3 is 2.28 bits per heavy atom. The third kappa shape index (κ3) is 6.64. The average Bonchev–Trinajstić information content (AvgIpc) is 2.56. The van der Waals surface area contributed by atoms with E-state index in [0.717, 1.165) is 11.8 Å². The molecule has 0 aliphatic heterocycles. The molecule has 2 aromatic carbocycles. The molecule has 0 aliphatic rings. The maximum absolute atomic E-state index is 12.8. The van der Waals surface area contributed by atoms with Crippen molar-refractivity contribution in [3.63, 3.8) is 0 Å². The lowest BCUT2D eigenvalue weighted by molar-refractivity contribution is -0.120. The van der Waals surface area contributed by atoms with Crippen LogP contribution < -0.4 is 5.32 Å². The van der Waals surface area contributed by atoms with Gasteiger partial charge in [-0.25, -0.2) is 12.8 Å². The predicted octanol–water partition coefficient (Wildman–Crippen LogP) is 1.95. The van der Waals surface area contributed by atoms with E-state index in [4.69, 9.17) is 0 Å². The molecule has 0 atom stereocenters. The number of benzene rings is 2. The lowest BCUT2D eigenvalue weighted by Crippen LogP contribution is -2.38. The Morgan fingerprint density at radius 1 is 1.04 bits per heavy atom. The van der Waals surface area contributed by atoms with Crippen LogP contribution in [0.5, 0.6) is 0 Å². The van der Waals surface area contributed by atoms with Gasteiger partial charge >= 0.3 is 0 Å². The molecule has 1 N–H and O–H groups in total. The fourth-order valence-electron chi connectivity index (χ4n) is 2.32. The van der Waals surface area contributed by atoms with Crippen molar-refractivity contribution < 1.29 is 17.6 Å². The number of carbonyl (C=O) groups is 1. The minimum atomic E-state index is -3.38. The topological polar surface area (TPSA) is 66.5 Å². The molecule has 0 bridgehead atoms. The summed E-state index contributed by atoms with van der Waals surface area (Å²) >= 11 is 0. The molecule has 1 amide bonds. The molecule has 0 aromatic heterocycles. The molecule has 5 nitrogen and oxygen atoms in total. The van der Waals surface area contributed by atoms with Crippen LogP contribution in [0.25, 0.3) is 0 Å². The van der Waals surface area contributed by atoms with Crippen molar-refractivity contribution in [2.45, 2.75) is 13.0 Å². The van der Waals surface area contributed by atoms with Gasteiger partial charge in [-0.15, -0.1) is 0 Å². The number of hydrogen-bond acceptors (Lipinski definition) is 3. The number of nitrogens with zero attached hydrogens (tertiary/aromatic N) is 1. The maximum atomic E-state index is 12.8. The van der Waals surface area contributed by atoms with Crippen LogP contribution in [-0.4, -0.2) is 38.0 Å². The molecule has 0 saturated carbocycles. The van der Waals surface area contributed by atoms with Gasteiger partial charge < -0.3 is 5.32 Å². The van der Waals surface area contributed by atoms with Crippen molar-refractivity contribution in [2.75, 3.05) is 19.3 Å². The van der Waals surface area contributed by atoms with Gasteiger partial charge in [-0.1, -0.05) is 42.5 Å². The van der Waals surface area contributed by atoms with Crippen LogP contribution in [0.2, 0.25) is 0 Å². The van der Waals surface area contributed by atoms with Crippen LogP contribution in [0.15, 0.2) is 54.6 Å². The summed E-state index contributed by atoms with van der Waals surface area (Å²) in [5.74, 6) is -0.589. The number of carbonyl (C=O) groups excluding carboxylic acids is 1. The fourth-order valence-corrected chi connectivity index (χ4v) is 3.13. The maximum Gasteiger partial charge on any atom is 0.224 e. The molecular formula is C18H21FN2O3S. The lowest BCUT2D eigenvalue weighted by Gasteiger charge is -2.20. The van der Waals surface area contributed by atoms with E-state index in [1.54, 1.807) is 12.1 Å². The Balaban J connectivity index is 1.86. The molecule has 25 heavy (non-hydrogen) atoms. The summed E-state index contributed by atoms with van der Waals surface area (Å²) in [6.07, 6.45) is 1.27. The zero-order valence-electron chi connectivity index (χ0n) is 14.0. The quantitative estimate of drug-likeness (QED) is 0.779. The van der Waals surface area contributed by atoms with Crippen molar-refractivity contribution in [3.05, 3.63) is 71.5 Å². The van der Waals surface area contributed by atoms with Gasteiger partial charge in [0.05, 0.1) is 12.7 Å². The van der Waals surface area contributed by atoms with E-state index in [0.29, 0.717) is 5.56 Å². The second-order valence-corrected chi connectivity index (χ2v) is 7.72. The number of hydrogen-bond donors (Lipinski definition) is 1. The summed E-state index contributed by atoms with van der Waals surface area (Å²) in [7, 11) is -3.38. The van der Waals surface area contributed by atoms with Gasteiger partial charge in [0.1, 0.15) is 5.82 Å². The number of rotatable bonds is 8. The zero-order chi connectivity index (χ0) is 18.3. The Hall–Kier alpha value is -2.25. The van der Waals surface area contributed by atoms with Crippen molar-refractivity contribution in [1.29, 1.82) is 0 Å². The highest BCUT2D eigenvalue weighted by atomic mass is 32.2. The first kappa shape index (κ1) is 19.1. The van der Waals surface area contributed by atoms with E-state index in [-0.39, 0.29) is 37.8 Å². The molecule has 134 valence electrons. The Kier molecular flexibility index (Phi) is 6.66. The Bertz CT molecular complexity index is 793. The summed E-state index contributed by atoms with van der Waals surface area (Å²) < 4.78 is 38.0. The third-order valence-corrected chi connectivity index (χ3v) is 4.88. The van der Waals surface area contributed by atoms with E-state index in [2.05, 4.69) is 5.32 Å². The number of nitrogens with one attached hydrogen (secondary N) is 1. The van der Waals surface area contributed by atoms with Crippen LogP contribution in [-0.2, 0) is 27.8 Å². The van der Waals surface area contributed by atoms with Gasteiger partial charge in [0, 0.05) is 19.6 Å². The summed E-state index contributed by atoms with van der Waals surface area (Å²) in [5, 5.41) is 2.70. The highest BCUT2D eigenvalue weighted by Crippen LogP contribution is 2.08. The summed E-state index contributed by atoms with van der Waals surface area (Å²) in [5.41, 5.74) is 1.58. The first-order valence-corrected chi connectivity index (χ1v) is 9.69. The van der Waals surface area contributed by atoms with E-state index in [1.165, 1.54) is 16.4 Å². The van der Waals surface area contributed by atoms with Gasteiger partial charge in [0.2, 0.25) is 15.9 Å². The standard InChI is InChI=1S/C18H21FN2O3S/c1-25(23,24)21(14-16-5-3-2-4-6-16)12-11-20-18(22)13-15-7-9-17(19)10-8-15/h2-10H,11-14H2,1H3,(H,20,22). The molecule has 0 aliphatic carbocycles. The number of sulfonamides is 1. The van der Waals surface area contributed by atoms with Crippen LogP contribution in [0.1, 0.15) is 11.1 Å². The second-order valence-electron chi connectivity index (χ2n) is 5.74. The van der Waals surface area contributed by atoms with Crippen molar-refractivity contribution in [3.8, 4) is 0 Å². The molecule has 0 fully saturated rings. The van der Waals surface area contributed by atoms with E-state index < -0.39 is 10.0 Å². The normalized spacial score (nSPS) is 11.5. The SMILES string of the molecule is CS(=O)(=O)N(CCNC(=O)Cc1ccc(F)cc1)Cc1ccccc1. The van der Waals surface area contributed by atoms with Gasteiger partial charge in [0.25, 0.3) is 0 Å². The number of amides is 1. The van der Waals surface area contributed by atoms with E-state index >= 15 is 0 Å². The van der Waals surface area contributed by atoms with E-state index in [1.807, 2.05) is 30.3 Å². The van der Waals surface area contributed by atoms with Gasteiger partial charge in [0.15, 0.2) is 0 Å². The predicted molar refractivity (Wildman–Crippen MR) is 94.8 cm³/mol. The first-order chi connectivity index (χ1) is 11.8. The first-order valence-electron chi connectivity index (χ1n) is 7.85. The molecule has 7 heteroatoms. The van der Waals surface area contributed by atoms with Crippen LogP contribution >= 0.6 is 0 Å². The summed E-state index contributed by atoms with van der Waals surface area (Å²) in [4.78, 5) is 11.9. The van der Waals surface area contributed by atoms with Crippen molar-refractivity contribution in [1.82, 2.24) is 9.62 Å². The summed E-state index contributed by atoms with van der Waals surface area (Å²) in [6.45, 7) is 0.649. The number of halogens is 1. The lowest BCUT2D eigenvalue weighted by atomic mass is 10.1. The molecule has 0 heterocycles. The van der Waals surface area contributed by atoms with Gasteiger partial charge in [-0.2, -0.15) is 4.31 Å². The Morgan fingerprint density at radius 2 is 1.68 bits per heavy atom. The third-order valence-electron chi connectivity index (χ3n) is 3.63. The Labute approximate surface area is 147 Å². The molecule has 2 aromatic rings. The minimum absolute atomic E-state index is 0.123. The van der Waals surface area contributed by atoms with Crippen molar-refractivity contribution in [2.24, 2.45) is 0 Å². The fraction of sp³-hybridized carbons (Fsp3) is 0.278. The molecule has 0 unspecified atom stereocenters. The summed E-state index contributed by atoms with van der Waals surface area (Å²) in [6, 6.07) is 15.0. The molecular weight excluding hydrogens is 343 g/mol. The molecule has 0 spiro atoms. The van der Waals surface area contributed by atoms with Gasteiger partial charge in [-0.05, 0) is 23.3 Å². The monoisotopic (exact) mass is 364 g/mol. The average molecular weight is 364 g/mol. The molecule has 2 rings (SSSR count). The largest absolute Gasteiger partial charge is 0.354 e. The highest BCUT2D eigenvalue weighted by molar-refractivity contribution is 7.88. The van der Waals surface area contributed by atoms with Crippen LogP contribution in [0.4, 0.5) is 4.39 Å². The zero-order valence-corrected chi connectivity index (χ0v) is 14.8. The highest BCUT2D eigenvalue weighted by Gasteiger charge is 2.17. The van der Waals surface area contributed by atoms with E-state index in [9.17, 15) is 17.6 Å². The van der Waals surface area contributed by atoms with Crippen LogP contribution in [0, 0.1) is 5.82 Å². The minimum Gasteiger partial charge on any atom is -0.354 e. The van der Waals surface area contributed by atoms with Gasteiger partial charge in [-0.3, -0.25) is 4.79 Å². The van der Waals surface area contributed by atoms with Crippen LogP contribution in [0.3, 0.4) is 0 Å². The molecule has 0 radical (unpaired) electrons. The molecule has 0 saturated heterocycles. The van der Waals surface area contributed by atoms with Crippen molar-refractivity contribution >= 4 is 15.9 Å². The smallest absolute Gasteiger partial charge is 0.224 e.